The molecule has 0 atom stereocenters. The maximum atomic E-state index is 12.1. The Hall–Kier alpha value is -1.88. The maximum Gasteiger partial charge on any atom is 0.230 e. The first-order valence-corrected chi connectivity index (χ1v) is 8.50. The van der Waals surface area contributed by atoms with Crippen LogP contribution in [0.5, 0.6) is 0 Å². The van der Waals surface area contributed by atoms with Gasteiger partial charge in [0.15, 0.2) is 5.13 Å². The van der Waals surface area contributed by atoms with E-state index in [1.54, 1.807) is 6.07 Å². The normalized spacial score (nSPS) is 10.5. The van der Waals surface area contributed by atoms with E-state index in [-0.39, 0.29) is 12.3 Å². The maximum absolute atomic E-state index is 12.1. The van der Waals surface area contributed by atoms with Crippen molar-refractivity contribution in [2.24, 2.45) is 0 Å². The van der Waals surface area contributed by atoms with E-state index in [4.69, 9.17) is 23.2 Å². The van der Waals surface area contributed by atoms with Crippen LogP contribution >= 0.6 is 34.5 Å². The topological polar surface area (TPSA) is 42.0 Å². The van der Waals surface area contributed by atoms with E-state index >= 15 is 0 Å². The third kappa shape index (κ3) is 4.10. The highest BCUT2D eigenvalue weighted by atomic mass is 35.5. The van der Waals surface area contributed by atoms with Gasteiger partial charge in [0.2, 0.25) is 5.91 Å². The summed E-state index contributed by atoms with van der Waals surface area (Å²) in [6.07, 6.45) is 0.218. The molecule has 6 heteroatoms. The zero-order valence-electron chi connectivity index (χ0n) is 11.9. The Kier molecular flexibility index (Phi) is 4.96. The molecular weight excluding hydrogens is 351 g/mol. The summed E-state index contributed by atoms with van der Waals surface area (Å²) in [5, 5.41) is 6.53. The fraction of sp³-hybridized carbons (Fsp3) is 0.0588. The van der Waals surface area contributed by atoms with Gasteiger partial charge < -0.3 is 5.32 Å². The molecule has 0 aliphatic heterocycles. The summed E-state index contributed by atoms with van der Waals surface area (Å²) >= 11 is 13.3. The number of thiazole rings is 1. The summed E-state index contributed by atoms with van der Waals surface area (Å²) in [5.74, 6) is -0.143. The monoisotopic (exact) mass is 362 g/mol. The van der Waals surface area contributed by atoms with Crippen LogP contribution in [0.1, 0.15) is 5.56 Å². The fourth-order valence-corrected chi connectivity index (χ4v) is 3.13. The lowest BCUT2D eigenvalue weighted by atomic mass is 10.1. The van der Waals surface area contributed by atoms with Gasteiger partial charge >= 0.3 is 0 Å². The van der Waals surface area contributed by atoms with Crippen molar-refractivity contribution >= 4 is 45.6 Å². The van der Waals surface area contributed by atoms with Crippen LogP contribution in [-0.4, -0.2) is 10.9 Å². The van der Waals surface area contributed by atoms with Crippen molar-refractivity contribution in [3.05, 3.63) is 69.5 Å². The third-order valence-corrected chi connectivity index (χ3v) is 4.58. The third-order valence-electron chi connectivity index (χ3n) is 3.20. The zero-order valence-corrected chi connectivity index (χ0v) is 14.3. The number of carbonyl (C=O) groups is 1. The molecule has 3 nitrogen and oxygen atoms in total. The minimum Gasteiger partial charge on any atom is -0.302 e. The van der Waals surface area contributed by atoms with Gasteiger partial charge in [0.1, 0.15) is 0 Å². The summed E-state index contributed by atoms with van der Waals surface area (Å²) in [6, 6.07) is 14.7. The minimum absolute atomic E-state index is 0.143. The van der Waals surface area contributed by atoms with Crippen molar-refractivity contribution in [2.75, 3.05) is 5.32 Å². The number of rotatable bonds is 4. The van der Waals surface area contributed by atoms with Crippen LogP contribution in [0.4, 0.5) is 5.13 Å². The number of nitrogens with zero attached hydrogens (tertiary/aromatic N) is 1. The number of amides is 1. The molecule has 0 unspecified atom stereocenters. The van der Waals surface area contributed by atoms with Gasteiger partial charge in [-0.1, -0.05) is 53.5 Å². The summed E-state index contributed by atoms with van der Waals surface area (Å²) < 4.78 is 0. The molecule has 1 amide bonds. The summed E-state index contributed by atoms with van der Waals surface area (Å²) in [5.41, 5.74) is 2.55. The molecule has 1 heterocycles. The second-order valence-electron chi connectivity index (χ2n) is 4.86. The number of halogens is 2. The molecule has 0 aliphatic carbocycles. The summed E-state index contributed by atoms with van der Waals surface area (Å²) in [7, 11) is 0. The number of anilines is 1. The highest BCUT2D eigenvalue weighted by Crippen LogP contribution is 2.26. The first-order chi connectivity index (χ1) is 11.1. The van der Waals surface area contributed by atoms with Gasteiger partial charge in [0, 0.05) is 21.0 Å². The van der Waals surface area contributed by atoms with E-state index in [1.807, 2.05) is 47.8 Å². The van der Waals surface area contributed by atoms with Crippen LogP contribution in [0, 0.1) is 0 Å². The van der Waals surface area contributed by atoms with Crippen molar-refractivity contribution in [3.63, 3.8) is 0 Å². The van der Waals surface area contributed by atoms with Crippen LogP contribution in [0.2, 0.25) is 10.0 Å². The first kappa shape index (κ1) is 16.0. The lowest BCUT2D eigenvalue weighted by molar-refractivity contribution is -0.115. The molecule has 3 aromatic rings. The standard InChI is InChI=1S/C17H12Cl2N2OS/c18-13-7-5-11(6-8-13)15-10-23-17(20-15)21-16(22)9-12-3-1-2-4-14(12)19/h1-8,10H,9H2,(H,20,21,22). The molecule has 2 aromatic carbocycles. The number of benzene rings is 2. The van der Waals surface area contributed by atoms with E-state index in [0.29, 0.717) is 15.2 Å². The highest BCUT2D eigenvalue weighted by molar-refractivity contribution is 7.14. The predicted molar refractivity (Wildman–Crippen MR) is 96.3 cm³/mol. The second kappa shape index (κ2) is 7.13. The van der Waals surface area contributed by atoms with E-state index < -0.39 is 0 Å². The van der Waals surface area contributed by atoms with Gasteiger partial charge in [0.25, 0.3) is 0 Å². The number of hydrogen-bond donors (Lipinski definition) is 1. The SMILES string of the molecule is O=C(Cc1ccccc1Cl)Nc1nc(-c2ccc(Cl)cc2)cs1. The van der Waals surface area contributed by atoms with Crippen molar-refractivity contribution < 1.29 is 4.79 Å². The van der Waals surface area contributed by atoms with E-state index in [2.05, 4.69) is 10.3 Å². The van der Waals surface area contributed by atoms with Crippen molar-refractivity contribution in [2.45, 2.75) is 6.42 Å². The van der Waals surface area contributed by atoms with Crippen LogP contribution in [-0.2, 0) is 11.2 Å². The van der Waals surface area contributed by atoms with Gasteiger partial charge in [-0.05, 0) is 23.8 Å². The lowest BCUT2D eigenvalue weighted by Gasteiger charge is -2.04. The number of carbonyl (C=O) groups excluding carboxylic acids is 1. The smallest absolute Gasteiger partial charge is 0.230 e. The average Bonchev–Trinajstić information content (AvgIpc) is 2.98. The Morgan fingerprint density at radius 2 is 1.83 bits per heavy atom. The Morgan fingerprint density at radius 3 is 2.57 bits per heavy atom. The van der Waals surface area contributed by atoms with Crippen LogP contribution in [0.3, 0.4) is 0 Å². The molecule has 1 N–H and O–H groups in total. The molecule has 0 saturated carbocycles. The molecule has 0 radical (unpaired) electrons. The first-order valence-electron chi connectivity index (χ1n) is 6.86. The average molecular weight is 363 g/mol. The van der Waals surface area contributed by atoms with Gasteiger partial charge in [-0.2, -0.15) is 0 Å². The zero-order chi connectivity index (χ0) is 16.2. The fourth-order valence-electron chi connectivity index (χ4n) is 2.06. The Labute approximate surface area is 147 Å². The molecule has 0 bridgehead atoms. The molecule has 3 rings (SSSR count). The molecule has 116 valence electrons. The molecule has 0 fully saturated rings. The van der Waals surface area contributed by atoms with Gasteiger partial charge in [-0.25, -0.2) is 4.98 Å². The summed E-state index contributed by atoms with van der Waals surface area (Å²) in [6.45, 7) is 0. The highest BCUT2D eigenvalue weighted by Gasteiger charge is 2.10. The van der Waals surface area contributed by atoms with E-state index in [0.717, 1.165) is 16.8 Å². The van der Waals surface area contributed by atoms with Crippen molar-refractivity contribution in [1.82, 2.24) is 4.98 Å². The van der Waals surface area contributed by atoms with Crippen LogP contribution in [0.25, 0.3) is 11.3 Å². The van der Waals surface area contributed by atoms with E-state index in [9.17, 15) is 4.79 Å². The predicted octanol–water partition coefficient (Wildman–Crippen LogP) is 5.30. The molecule has 0 aliphatic rings. The number of hydrogen-bond acceptors (Lipinski definition) is 3. The quantitative estimate of drug-likeness (QED) is 0.684. The van der Waals surface area contributed by atoms with Crippen molar-refractivity contribution in [1.29, 1.82) is 0 Å². The molecule has 23 heavy (non-hydrogen) atoms. The minimum atomic E-state index is -0.143. The number of aromatic nitrogens is 1. The Bertz CT molecular complexity index is 831. The van der Waals surface area contributed by atoms with Gasteiger partial charge in [0.05, 0.1) is 12.1 Å². The van der Waals surface area contributed by atoms with Crippen LogP contribution in [0.15, 0.2) is 53.9 Å². The number of nitrogens with one attached hydrogen (secondary N) is 1. The molecule has 1 aromatic heterocycles. The van der Waals surface area contributed by atoms with Crippen molar-refractivity contribution in [3.8, 4) is 11.3 Å². The Morgan fingerprint density at radius 1 is 1.09 bits per heavy atom. The van der Waals surface area contributed by atoms with Gasteiger partial charge in [-0.15, -0.1) is 11.3 Å². The largest absolute Gasteiger partial charge is 0.302 e. The second-order valence-corrected chi connectivity index (χ2v) is 6.56. The lowest BCUT2D eigenvalue weighted by Crippen LogP contribution is -2.14. The van der Waals surface area contributed by atoms with E-state index in [1.165, 1.54) is 11.3 Å². The molecule has 0 saturated heterocycles. The van der Waals surface area contributed by atoms with Crippen LogP contribution < -0.4 is 5.32 Å². The Balaban J connectivity index is 1.68. The molecular formula is C17H12Cl2N2OS. The summed E-state index contributed by atoms with van der Waals surface area (Å²) in [4.78, 5) is 16.5. The molecule has 0 spiro atoms. The van der Waals surface area contributed by atoms with Gasteiger partial charge in [-0.3, -0.25) is 4.79 Å².